The fraction of sp³-hybridized carbons (Fsp3) is 0.176. The first-order chi connectivity index (χ1) is 11.1. The molecule has 0 amide bonds. The third-order valence-corrected chi connectivity index (χ3v) is 3.62. The van der Waals surface area contributed by atoms with E-state index in [0.717, 1.165) is 23.4 Å². The number of fused-ring (bicyclic) bond motifs is 1. The standard InChI is InChI=1S/C17H13F2N3O/c1-23-12-4-2-11(3-5-12)8-17-21-15-9-13(18)14(19)10-16(15)22(17)7-6-20/h2-5,9-10H,7-8H2,1H3. The summed E-state index contributed by atoms with van der Waals surface area (Å²) in [4.78, 5) is 4.35. The van der Waals surface area contributed by atoms with Crippen LogP contribution in [0.3, 0.4) is 0 Å². The number of nitriles is 1. The maximum absolute atomic E-state index is 13.5. The summed E-state index contributed by atoms with van der Waals surface area (Å²) in [6, 6.07) is 11.6. The normalized spacial score (nSPS) is 10.7. The van der Waals surface area contributed by atoms with Crippen molar-refractivity contribution in [3.05, 3.63) is 59.4 Å². The van der Waals surface area contributed by atoms with Crippen molar-refractivity contribution in [2.75, 3.05) is 7.11 Å². The number of imidazole rings is 1. The fourth-order valence-corrected chi connectivity index (χ4v) is 2.48. The zero-order chi connectivity index (χ0) is 16.4. The van der Waals surface area contributed by atoms with E-state index in [2.05, 4.69) is 4.98 Å². The quantitative estimate of drug-likeness (QED) is 0.741. The third-order valence-electron chi connectivity index (χ3n) is 3.62. The molecule has 0 bridgehead atoms. The van der Waals surface area contributed by atoms with Gasteiger partial charge in [0.15, 0.2) is 11.6 Å². The van der Waals surface area contributed by atoms with Gasteiger partial charge < -0.3 is 9.30 Å². The summed E-state index contributed by atoms with van der Waals surface area (Å²) in [5.74, 6) is -0.581. The lowest BCUT2D eigenvalue weighted by Crippen LogP contribution is -2.03. The largest absolute Gasteiger partial charge is 0.497 e. The first kappa shape index (κ1) is 15.0. The van der Waals surface area contributed by atoms with Crippen LogP contribution in [0.4, 0.5) is 8.78 Å². The number of aromatic nitrogens is 2. The summed E-state index contributed by atoms with van der Waals surface area (Å²) in [5, 5.41) is 9.00. The van der Waals surface area contributed by atoms with Crippen LogP contribution >= 0.6 is 0 Å². The molecule has 0 unspecified atom stereocenters. The minimum absolute atomic E-state index is 0.0209. The highest BCUT2D eigenvalue weighted by Crippen LogP contribution is 2.22. The van der Waals surface area contributed by atoms with Gasteiger partial charge in [-0.25, -0.2) is 13.8 Å². The van der Waals surface area contributed by atoms with Crippen LogP contribution in [0.1, 0.15) is 11.4 Å². The molecule has 4 nitrogen and oxygen atoms in total. The molecular weight excluding hydrogens is 300 g/mol. The molecule has 0 aliphatic carbocycles. The number of hydrogen-bond acceptors (Lipinski definition) is 3. The van der Waals surface area contributed by atoms with Crippen LogP contribution in [0.2, 0.25) is 0 Å². The highest BCUT2D eigenvalue weighted by Gasteiger charge is 2.14. The summed E-state index contributed by atoms with van der Waals surface area (Å²) in [6.45, 7) is 0.0209. The Morgan fingerprint density at radius 2 is 1.87 bits per heavy atom. The number of benzene rings is 2. The van der Waals surface area contributed by atoms with Crippen molar-refractivity contribution < 1.29 is 13.5 Å². The molecule has 0 fully saturated rings. The Hall–Kier alpha value is -2.94. The first-order valence-electron chi connectivity index (χ1n) is 6.96. The summed E-state index contributed by atoms with van der Waals surface area (Å²) >= 11 is 0. The zero-order valence-corrected chi connectivity index (χ0v) is 12.4. The fourth-order valence-electron chi connectivity index (χ4n) is 2.48. The van der Waals surface area contributed by atoms with Crippen LogP contribution < -0.4 is 4.74 Å². The lowest BCUT2D eigenvalue weighted by atomic mass is 10.1. The smallest absolute Gasteiger partial charge is 0.161 e. The first-order valence-corrected chi connectivity index (χ1v) is 6.96. The third kappa shape index (κ3) is 2.86. The van der Waals surface area contributed by atoms with Crippen molar-refractivity contribution in [2.24, 2.45) is 0 Å². The average Bonchev–Trinajstić information content (AvgIpc) is 2.86. The van der Waals surface area contributed by atoms with Crippen LogP contribution in [-0.2, 0) is 13.0 Å². The molecule has 1 aromatic heterocycles. The Morgan fingerprint density at radius 1 is 1.17 bits per heavy atom. The van der Waals surface area contributed by atoms with E-state index in [0.29, 0.717) is 23.3 Å². The van der Waals surface area contributed by atoms with Gasteiger partial charge in [-0.15, -0.1) is 0 Å². The van der Waals surface area contributed by atoms with Gasteiger partial charge in [-0.2, -0.15) is 5.26 Å². The van der Waals surface area contributed by atoms with Crippen LogP contribution in [-0.4, -0.2) is 16.7 Å². The molecule has 0 spiro atoms. The molecule has 23 heavy (non-hydrogen) atoms. The number of hydrogen-bond donors (Lipinski definition) is 0. The number of nitrogens with zero attached hydrogens (tertiary/aromatic N) is 3. The number of halogens is 2. The second-order valence-electron chi connectivity index (χ2n) is 5.05. The molecular formula is C17H13F2N3O. The minimum atomic E-state index is -0.951. The van der Waals surface area contributed by atoms with Crippen molar-refractivity contribution in [3.8, 4) is 11.8 Å². The molecule has 1 heterocycles. The molecule has 116 valence electrons. The van der Waals surface area contributed by atoms with E-state index in [-0.39, 0.29) is 6.54 Å². The minimum Gasteiger partial charge on any atom is -0.497 e. The van der Waals surface area contributed by atoms with E-state index in [1.54, 1.807) is 11.7 Å². The van der Waals surface area contributed by atoms with Gasteiger partial charge in [-0.1, -0.05) is 12.1 Å². The van der Waals surface area contributed by atoms with Gasteiger partial charge in [0.1, 0.15) is 18.1 Å². The summed E-state index contributed by atoms with van der Waals surface area (Å²) in [7, 11) is 1.59. The van der Waals surface area contributed by atoms with Crippen molar-refractivity contribution in [1.82, 2.24) is 9.55 Å². The van der Waals surface area contributed by atoms with E-state index in [4.69, 9.17) is 10.00 Å². The lowest BCUT2D eigenvalue weighted by Gasteiger charge is -2.06. The maximum Gasteiger partial charge on any atom is 0.161 e. The predicted molar refractivity (Wildman–Crippen MR) is 81.1 cm³/mol. The molecule has 0 atom stereocenters. The SMILES string of the molecule is COc1ccc(Cc2nc3cc(F)c(F)cc3n2CC#N)cc1. The van der Waals surface area contributed by atoms with E-state index in [1.807, 2.05) is 30.3 Å². The molecule has 0 aliphatic rings. The van der Waals surface area contributed by atoms with Gasteiger partial charge in [0.05, 0.1) is 24.2 Å². The maximum atomic E-state index is 13.5. The van der Waals surface area contributed by atoms with Crippen molar-refractivity contribution in [1.29, 1.82) is 5.26 Å². The van der Waals surface area contributed by atoms with Crippen LogP contribution in [0.5, 0.6) is 5.75 Å². The highest BCUT2D eigenvalue weighted by atomic mass is 19.2. The molecule has 2 aromatic carbocycles. The van der Waals surface area contributed by atoms with Gasteiger partial charge in [0, 0.05) is 18.6 Å². The Morgan fingerprint density at radius 3 is 2.52 bits per heavy atom. The van der Waals surface area contributed by atoms with Gasteiger partial charge >= 0.3 is 0 Å². The van der Waals surface area contributed by atoms with Gasteiger partial charge in [-0.05, 0) is 17.7 Å². The van der Waals surface area contributed by atoms with Crippen molar-refractivity contribution in [2.45, 2.75) is 13.0 Å². The highest BCUT2D eigenvalue weighted by molar-refractivity contribution is 5.76. The van der Waals surface area contributed by atoms with E-state index < -0.39 is 11.6 Å². The Labute approximate surface area is 131 Å². The molecule has 0 aliphatic heterocycles. The molecule has 3 aromatic rings. The lowest BCUT2D eigenvalue weighted by molar-refractivity contribution is 0.414. The number of methoxy groups -OCH3 is 1. The Bertz CT molecular complexity index is 895. The van der Waals surface area contributed by atoms with E-state index in [9.17, 15) is 8.78 Å². The molecule has 3 rings (SSSR count). The van der Waals surface area contributed by atoms with Crippen molar-refractivity contribution >= 4 is 11.0 Å². The Kier molecular flexibility index (Phi) is 3.94. The monoisotopic (exact) mass is 313 g/mol. The predicted octanol–water partition coefficient (Wildman–Crippen LogP) is 3.44. The molecule has 0 saturated carbocycles. The van der Waals surface area contributed by atoms with E-state index >= 15 is 0 Å². The molecule has 0 N–H and O–H groups in total. The summed E-state index contributed by atoms with van der Waals surface area (Å²) in [6.07, 6.45) is 0.448. The summed E-state index contributed by atoms with van der Waals surface area (Å²) < 4.78 is 33.6. The molecule has 0 radical (unpaired) electrons. The van der Waals surface area contributed by atoms with Crippen LogP contribution in [0, 0.1) is 23.0 Å². The topological polar surface area (TPSA) is 50.8 Å². The Balaban J connectivity index is 2.04. The second kappa shape index (κ2) is 6.05. The second-order valence-corrected chi connectivity index (χ2v) is 5.05. The van der Waals surface area contributed by atoms with Gasteiger partial charge in [-0.3, -0.25) is 0 Å². The number of rotatable bonds is 4. The average molecular weight is 313 g/mol. The van der Waals surface area contributed by atoms with Gasteiger partial charge in [0.2, 0.25) is 0 Å². The van der Waals surface area contributed by atoms with Crippen molar-refractivity contribution in [3.63, 3.8) is 0 Å². The molecule has 0 saturated heterocycles. The summed E-state index contributed by atoms with van der Waals surface area (Å²) in [5.41, 5.74) is 1.71. The van der Waals surface area contributed by atoms with Crippen LogP contribution in [0.25, 0.3) is 11.0 Å². The zero-order valence-electron chi connectivity index (χ0n) is 12.4. The van der Waals surface area contributed by atoms with E-state index in [1.165, 1.54) is 0 Å². The van der Waals surface area contributed by atoms with Crippen LogP contribution in [0.15, 0.2) is 36.4 Å². The number of ether oxygens (including phenoxy) is 1. The molecule has 6 heteroatoms. The van der Waals surface area contributed by atoms with Gasteiger partial charge in [0.25, 0.3) is 0 Å².